The fraction of sp³-hybridized carbons (Fsp3) is 0.417. The van der Waals surface area contributed by atoms with Crippen molar-refractivity contribution >= 4 is 21.6 Å². The van der Waals surface area contributed by atoms with E-state index < -0.39 is 0 Å². The lowest BCUT2D eigenvalue weighted by atomic mass is 10.1. The molecule has 0 aliphatic carbocycles. The number of nitriles is 1. The number of hydrogen-bond acceptors (Lipinski definition) is 2. The molecule has 80 valence electrons. The van der Waals surface area contributed by atoms with Crippen molar-refractivity contribution in [1.29, 1.82) is 5.26 Å². The SMILES string of the molecule is CCCC(C)Nc1cc(Br)cc(C#N)c1. The molecule has 1 unspecified atom stereocenters. The van der Waals surface area contributed by atoms with Crippen LogP contribution in [-0.4, -0.2) is 6.04 Å². The van der Waals surface area contributed by atoms with Gasteiger partial charge in [0.2, 0.25) is 0 Å². The normalized spacial score (nSPS) is 11.9. The zero-order valence-electron chi connectivity index (χ0n) is 9.05. The Kier molecular flexibility index (Phi) is 4.64. The zero-order valence-corrected chi connectivity index (χ0v) is 10.6. The first-order valence-electron chi connectivity index (χ1n) is 5.13. The third kappa shape index (κ3) is 3.93. The molecule has 1 aromatic rings. The summed E-state index contributed by atoms with van der Waals surface area (Å²) in [6.07, 6.45) is 2.29. The van der Waals surface area contributed by atoms with Crippen LogP contribution in [0, 0.1) is 11.3 Å². The van der Waals surface area contributed by atoms with E-state index in [0.29, 0.717) is 11.6 Å². The maximum Gasteiger partial charge on any atom is 0.0992 e. The minimum atomic E-state index is 0.441. The van der Waals surface area contributed by atoms with Gasteiger partial charge in [0.1, 0.15) is 0 Å². The summed E-state index contributed by atoms with van der Waals surface area (Å²) in [5.41, 5.74) is 1.68. The van der Waals surface area contributed by atoms with Crippen LogP contribution < -0.4 is 5.32 Å². The van der Waals surface area contributed by atoms with E-state index in [0.717, 1.165) is 23.0 Å². The average molecular weight is 267 g/mol. The Morgan fingerprint density at radius 1 is 1.47 bits per heavy atom. The van der Waals surface area contributed by atoms with E-state index >= 15 is 0 Å². The highest BCUT2D eigenvalue weighted by molar-refractivity contribution is 9.10. The second kappa shape index (κ2) is 5.77. The Labute approximate surface area is 99.4 Å². The van der Waals surface area contributed by atoms with Gasteiger partial charge >= 0.3 is 0 Å². The molecule has 0 aromatic heterocycles. The highest BCUT2D eigenvalue weighted by Crippen LogP contribution is 2.20. The first kappa shape index (κ1) is 12.1. The molecule has 0 bridgehead atoms. The second-order valence-electron chi connectivity index (χ2n) is 3.67. The van der Waals surface area contributed by atoms with Crippen LogP contribution in [0.5, 0.6) is 0 Å². The molecule has 0 saturated carbocycles. The van der Waals surface area contributed by atoms with Crippen molar-refractivity contribution in [3.63, 3.8) is 0 Å². The van der Waals surface area contributed by atoms with Crippen LogP contribution in [-0.2, 0) is 0 Å². The van der Waals surface area contributed by atoms with Crippen LogP contribution in [0.25, 0.3) is 0 Å². The zero-order chi connectivity index (χ0) is 11.3. The Morgan fingerprint density at radius 2 is 2.20 bits per heavy atom. The molecule has 1 rings (SSSR count). The molecule has 2 nitrogen and oxygen atoms in total. The van der Waals surface area contributed by atoms with E-state index in [1.165, 1.54) is 0 Å². The first-order valence-corrected chi connectivity index (χ1v) is 5.92. The molecule has 3 heteroatoms. The molecule has 0 saturated heterocycles. The van der Waals surface area contributed by atoms with Crippen LogP contribution in [0.2, 0.25) is 0 Å². The number of halogens is 1. The minimum absolute atomic E-state index is 0.441. The standard InChI is InChI=1S/C12H15BrN2/c1-3-4-9(2)15-12-6-10(8-14)5-11(13)7-12/h5-7,9,15H,3-4H2,1-2H3. The van der Waals surface area contributed by atoms with E-state index in [4.69, 9.17) is 5.26 Å². The molecule has 0 heterocycles. The Hall–Kier alpha value is -1.01. The van der Waals surface area contributed by atoms with Gasteiger partial charge in [-0.2, -0.15) is 5.26 Å². The monoisotopic (exact) mass is 266 g/mol. The quantitative estimate of drug-likeness (QED) is 0.897. The molecule has 1 N–H and O–H groups in total. The predicted octanol–water partition coefficient (Wildman–Crippen LogP) is 3.92. The number of nitrogens with zero attached hydrogens (tertiary/aromatic N) is 1. The predicted molar refractivity (Wildman–Crippen MR) is 66.8 cm³/mol. The van der Waals surface area contributed by atoms with Gasteiger partial charge in [0.05, 0.1) is 11.6 Å². The number of nitrogens with one attached hydrogen (secondary N) is 1. The lowest BCUT2D eigenvalue weighted by molar-refractivity contribution is 0.690. The van der Waals surface area contributed by atoms with E-state index in [1.54, 1.807) is 0 Å². The van der Waals surface area contributed by atoms with Crippen molar-refractivity contribution in [3.8, 4) is 6.07 Å². The maximum atomic E-state index is 8.83. The van der Waals surface area contributed by atoms with E-state index in [2.05, 4.69) is 41.2 Å². The third-order valence-corrected chi connectivity index (χ3v) is 2.62. The van der Waals surface area contributed by atoms with Gasteiger partial charge in [-0.1, -0.05) is 29.3 Å². The Morgan fingerprint density at radius 3 is 2.80 bits per heavy atom. The molecule has 0 fully saturated rings. The van der Waals surface area contributed by atoms with Crippen molar-refractivity contribution in [2.45, 2.75) is 32.7 Å². The topological polar surface area (TPSA) is 35.8 Å². The molecule has 0 spiro atoms. The summed E-state index contributed by atoms with van der Waals surface area (Å²) in [5.74, 6) is 0. The van der Waals surface area contributed by atoms with Gasteiger partial charge in [-0.25, -0.2) is 0 Å². The van der Waals surface area contributed by atoms with Crippen molar-refractivity contribution in [1.82, 2.24) is 0 Å². The molecular formula is C12H15BrN2. The first-order chi connectivity index (χ1) is 7.15. The summed E-state index contributed by atoms with van der Waals surface area (Å²) in [7, 11) is 0. The lowest BCUT2D eigenvalue weighted by Gasteiger charge is -2.14. The molecule has 15 heavy (non-hydrogen) atoms. The van der Waals surface area contributed by atoms with Crippen LogP contribution in [0.1, 0.15) is 32.3 Å². The maximum absolute atomic E-state index is 8.83. The fourth-order valence-electron chi connectivity index (χ4n) is 1.53. The Bertz CT molecular complexity index is 368. The summed E-state index contributed by atoms with van der Waals surface area (Å²) in [6, 6.07) is 8.26. The van der Waals surface area contributed by atoms with Gasteiger partial charge < -0.3 is 5.32 Å². The van der Waals surface area contributed by atoms with E-state index in [9.17, 15) is 0 Å². The molecule has 1 aromatic carbocycles. The van der Waals surface area contributed by atoms with Gasteiger partial charge in [-0.05, 0) is 31.5 Å². The van der Waals surface area contributed by atoms with Crippen LogP contribution in [0.4, 0.5) is 5.69 Å². The summed E-state index contributed by atoms with van der Waals surface area (Å²) in [4.78, 5) is 0. The van der Waals surface area contributed by atoms with Gasteiger partial charge in [0.15, 0.2) is 0 Å². The number of benzene rings is 1. The van der Waals surface area contributed by atoms with Gasteiger partial charge in [-0.15, -0.1) is 0 Å². The highest BCUT2D eigenvalue weighted by Gasteiger charge is 2.02. The van der Waals surface area contributed by atoms with Crippen molar-refractivity contribution in [2.24, 2.45) is 0 Å². The summed E-state index contributed by atoms with van der Waals surface area (Å²) in [5, 5.41) is 12.2. The molecule has 0 amide bonds. The number of rotatable bonds is 4. The molecule has 0 radical (unpaired) electrons. The Balaban J connectivity index is 2.77. The summed E-state index contributed by atoms with van der Waals surface area (Å²) in [6.45, 7) is 4.32. The number of hydrogen-bond donors (Lipinski definition) is 1. The lowest BCUT2D eigenvalue weighted by Crippen LogP contribution is -2.14. The fourth-order valence-corrected chi connectivity index (χ4v) is 2.02. The van der Waals surface area contributed by atoms with E-state index in [-0.39, 0.29) is 0 Å². The highest BCUT2D eigenvalue weighted by atomic mass is 79.9. The number of anilines is 1. The molecular weight excluding hydrogens is 252 g/mol. The summed E-state index contributed by atoms with van der Waals surface area (Å²) < 4.78 is 0.938. The minimum Gasteiger partial charge on any atom is -0.383 e. The summed E-state index contributed by atoms with van der Waals surface area (Å²) >= 11 is 3.39. The van der Waals surface area contributed by atoms with Crippen molar-refractivity contribution in [3.05, 3.63) is 28.2 Å². The van der Waals surface area contributed by atoms with Crippen LogP contribution in [0.3, 0.4) is 0 Å². The molecule has 0 aliphatic rings. The van der Waals surface area contributed by atoms with Gasteiger partial charge in [0, 0.05) is 16.2 Å². The molecule has 1 atom stereocenters. The third-order valence-electron chi connectivity index (χ3n) is 2.16. The average Bonchev–Trinajstić information content (AvgIpc) is 2.17. The smallest absolute Gasteiger partial charge is 0.0992 e. The van der Waals surface area contributed by atoms with Gasteiger partial charge in [0.25, 0.3) is 0 Å². The largest absolute Gasteiger partial charge is 0.383 e. The second-order valence-corrected chi connectivity index (χ2v) is 4.59. The molecule has 0 aliphatic heterocycles. The van der Waals surface area contributed by atoms with E-state index in [1.807, 2.05) is 18.2 Å². The van der Waals surface area contributed by atoms with Crippen molar-refractivity contribution < 1.29 is 0 Å². The van der Waals surface area contributed by atoms with Crippen LogP contribution in [0.15, 0.2) is 22.7 Å². The van der Waals surface area contributed by atoms with Crippen LogP contribution >= 0.6 is 15.9 Å². The van der Waals surface area contributed by atoms with Gasteiger partial charge in [-0.3, -0.25) is 0 Å². The van der Waals surface area contributed by atoms with Crippen molar-refractivity contribution in [2.75, 3.05) is 5.32 Å².